The molecule has 5 unspecified atom stereocenters. The Morgan fingerprint density at radius 1 is 1.20 bits per heavy atom. The van der Waals surface area contributed by atoms with Gasteiger partial charge in [0.25, 0.3) is 0 Å². The fourth-order valence-electron chi connectivity index (χ4n) is 3.81. The van der Waals surface area contributed by atoms with Gasteiger partial charge in [-0.3, -0.25) is 0 Å². The third kappa shape index (κ3) is 2.38. The van der Waals surface area contributed by atoms with Crippen LogP contribution in [0.5, 0.6) is 0 Å². The highest BCUT2D eigenvalue weighted by molar-refractivity contribution is 4.97. The zero-order valence-electron chi connectivity index (χ0n) is 10.6. The van der Waals surface area contributed by atoms with Gasteiger partial charge in [0, 0.05) is 6.04 Å². The normalized spacial score (nSPS) is 42.6. The van der Waals surface area contributed by atoms with Gasteiger partial charge >= 0.3 is 0 Å². The summed E-state index contributed by atoms with van der Waals surface area (Å²) in [6, 6.07) is 0.824. The van der Waals surface area contributed by atoms with Crippen molar-refractivity contribution in [1.29, 1.82) is 0 Å². The van der Waals surface area contributed by atoms with Crippen molar-refractivity contribution >= 4 is 0 Å². The van der Waals surface area contributed by atoms with Crippen LogP contribution in [0.1, 0.15) is 52.4 Å². The molecule has 2 aliphatic carbocycles. The molecule has 0 saturated heterocycles. The summed E-state index contributed by atoms with van der Waals surface area (Å²) in [4.78, 5) is 0. The maximum atomic E-state index is 3.63. The van der Waals surface area contributed by atoms with Crippen molar-refractivity contribution in [2.45, 2.75) is 58.4 Å². The van der Waals surface area contributed by atoms with E-state index in [9.17, 15) is 0 Å². The van der Waals surface area contributed by atoms with Crippen LogP contribution in [-0.4, -0.2) is 13.1 Å². The lowest BCUT2D eigenvalue weighted by atomic mass is 9.72. The minimum absolute atomic E-state index is 0.824. The first kappa shape index (κ1) is 11.4. The van der Waals surface area contributed by atoms with E-state index in [4.69, 9.17) is 0 Å². The first-order valence-electron chi connectivity index (χ1n) is 6.95. The van der Waals surface area contributed by atoms with E-state index in [1.165, 1.54) is 38.5 Å². The molecule has 15 heavy (non-hydrogen) atoms. The van der Waals surface area contributed by atoms with Crippen molar-refractivity contribution in [3.63, 3.8) is 0 Å². The molecule has 0 aromatic rings. The Bertz CT molecular complexity index is 202. The summed E-state index contributed by atoms with van der Waals surface area (Å²) in [5, 5.41) is 3.63. The number of nitrogens with one attached hydrogen (secondary N) is 1. The molecule has 0 aliphatic heterocycles. The van der Waals surface area contributed by atoms with E-state index < -0.39 is 0 Å². The molecule has 0 heterocycles. The zero-order valence-corrected chi connectivity index (χ0v) is 10.6. The van der Waals surface area contributed by atoms with Gasteiger partial charge in [-0.1, -0.05) is 39.5 Å². The molecule has 1 nitrogen and oxygen atoms in total. The van der Waals surface area contributed by atoms with E-state index >= 15 is 0 Å². The first-order valence-corrected chi connectivity index (χ1v) is 6.95. The minimum Gasteiger partial charge on any atom is -0.316 e. The molecule has 5 atom stereocenters. The predicted molar refractivity (Wildman–Crippen MR) is 65.9 cm³/mol. The molecule has 2 fully saturated rings. The van der Waals surface area contributed by atoms with E-state index in [2.05, 4.69) is 26.2 Å². The largest absolute Gasteiger partial charge is 0.316 e. The lowest BCUT2D eigenvalue weighted by Gasteiger charge is -2.37. The fraction of sp³-hybridized carbons (Fsp3) is 1.00. The standard InChI is InChI=1S/C14H27N/c1-4-11-7-5-6-8-12(11)14(15-3)13-9-10(13)2/h10-15H,4-9H2,1-3H3. The molecule has 0 bridgehead atoms. The second-order valence-corrected chi connectivity index (χ2v) is 5.81. The third-order valence-electron chi connectivity index (χ3n) is 4.92. The van der Waals surface area contributed by atoms with Crippen LogP contribution in [0.2, 0.25) is 0 Å². The smallest absolute Gasteiger partial charge is 0.0126 e. The summed E-state index contributed by atoms with van der Waals surface area (Å²) in [6.07, 6.45) is 8.78. The van der Waals surface area contributed by atoms with Crippen LogP contribution in [0.25, 0.3) is 0 Å². The average molecular weight is 209 g/mol. The Labute approximate surface area is 95.0 Å². The highest BCUT2D eigenvalue weighted by Gasteiger charge is 2.44. The van der Waals surface area contributed by atoms with Gasteiger partial charge in [-0.25, -0.2) is 0 Å². The quantitative estimate of drug-likeness (QED) is 0.748. The summed E-state index contributed by atoms with van der Waals surface area (Å²) in [6.45, 7) is 4.80. The fourth-order valence-corrected chi connectivity index (χ4v) is 3.81. The van der Waals surface area contributed by atoms with Crippen molar-refractivity contribution in [3.05, 3.63) is 0 Å². The summed E-state index contributed by atoms with van der Waals surface area (Å²) in [7, 11) is 2.18. The number of rotatable bonds is 4. The van der Waals surface area contributed by atoms with Gasteiger partial charge in [-0.05, 0) is 43.6 Å². The molecule has 0 aromatic heterocycles. The minimum atomic E-state index is 0.824. The van der Waals surface area contributed by atoms with Crippen LogP contribution in [-0.2, 0) is 0 Å². The average Bonchev–Trinajstić information content (AvgIpc) is 2.97. The first-order chi connectivity index (χ1) is 7.27. The Kier molecular flexibility index (Phi) is 3.71. The summed E-state index contributed by atoms with van der Waals surface area (Å²) >= 11 is 0. The van der Waals surface area contributed by atoms with Gasteiger partial charge in [-0.15, -0.1) is 0 Å². The molecule has 1 N–H and O–H groups in total. The second kappa shape index (κ2) is 4.86. The van der Waals surface area contributed by atoms with Gasteiger partial charge in [0.2, 0.25) is 0 Å². The molecule has 2 aliphatic rings. The van der Waals surface area contributed by atoms with Crippen LogP contribution in [0.4, 0.5) is 0 Å². The Morgan fingerprint density at radius 2 is 1.87 bits per heavy atom. The Hall–Kier alpha value is -0.0400. The van der Waals surface area contributed by atoms with Crippen LogP contribution in [0.15, 0.2) is 0 Å². The van der Waals surface area contributed by atoms with Crippen molar-refractivity contribution in [3.8, 4) is 0 Å². The maximum absolute atomic E-state index is 3.63. The van der Waals surface area contributed by atoms with Crippen molar-refractivity contribution in [1.82, 2.24) is 5.32 Å². The van der Waals surface area contributed by atoms with Crippen LogP contribution in [0, 0.1) is 23.7 Å². The van der Waals surface area contributed by atoms with E-state index in [0.717, 1.165) is 29.7 Å². The van der Waals surface area contributed by atoms with Crippen LogP contribution < -0.4 is 5.32 Å². The third-order valence-corrected chi connectivity index (χ3v) is 4.92. The van der Waals surface area contributed by atoms with E-state index in [1.807, 2.05) is 0 Å². The summed E-state index contributed by atoms with van der Waals surface area (Å²) < 4.78 is 0. The second-order valence-electron chi connectivity index (χ2n) is 5.81. The number of hydrogen-bond donors (Lipinski definition) is 1. The molecule has 0 spiro atoms. The molecule has 2 saturated carbocycles. The van der Waals surface area contributed by atoms with Crippen molar-refractivity contribution < 1.29 is 0 Å². The lowest BCUT2D eigenvalue weighted by Crippen LogP contribution is -2.41. The molecule has 0 aromatic carbocycles. The molecule has 0 amide bonds. The number of hydrogen-bond acceptors (Lipinski definition) is 1. The van der Waals surface area contributed by atoms with E-state index in [-0.39, 0.29) is 0 Å². The molecule has 88 valence electrons. The zero-order chi connectivity index (χ0) is 10.8. The van der Waals surface area contributed by atoms with Crippen molar-refractivity contribution in [2.75, 3.05) is 7.05 Å². The molecular formula is C14H27N. The van der Waals surface area contributed by atoms with Gasteiger partial charge in [0.1, 0.15) is 0 Å². The SMILES string of the molecule is CCC1CCCCC1C(NC)C1CC1C. The van der Waals surface area contributed by atoms with Gasteiger partial charge in [-0.2, -0.15) is 0 Å². The molecule has 2 rings (SSSR count). The van der Waals surface area contributed by atoms with Gasteiger partial charge in [0.15, 0.2) is 0 Å². The Morgan fingerprint density at radius 3 is 2.40 bits per heavy atom. The molecule has 0 radical (unpaired) electrons. The summed E-state index contributed by atoms with van der Waals surface area (Å²) in [5.74, 6) is 3.96. The lowest BCUT2D eigenvalue weighted by molar-refractivity contribution is 0.164. The monoisotopic (exact) mass is 209 g/mol. The van der Waals surface area contributed by atoms with Gasteiger partial charge in [0.05, 0.1) is 0 Å². The predicted octanol–water partition coefficient (Wildman–Crippen LogP) is 3.45. The topological polar surface area (TPSA) is 12.0 Å². The van der Waals surface area contributed by atoms with E-state index in [0.29, 0.717) is 0 Å². The highest BCUT2D eigenvalue weighted by atomic mass is 14.9. The highest BCUT2D eigenvalue weighted by Crippen LogP contribution is 2.47. The van der Waals surface area contributed by atoms with Gasteiger partial charge < -0.3 is 5.32 Å². The maximum Gasteiger partial charge on any atom is 0.0126 e. The van der Waals surface area contributed by atoms with Crippen molar-refractivity contribution in [2.24, 2.45) is 23.7 Å². The van der Waals surface area contributed by atoms with Crippen LogP contribution >= 0.6 is 0 Å². The van der Waals surface area contributed by atoms with E-state index in [1.54, 1.807) is 0 Å². The molecule has 1 heteroatoms. The summed E-state index contributed by atoms with van der Waals surface area (Å²) in [5.41, 5.74) is 0. The van der Waals surface area contributed by atoms with Crippen LogP contribution in [0.3, 0.4) is 0 Å². The Balaban J connectivity index is 1.98. The molecular weight excluding hydrogens is 182 g/mol.